The van der Waals surface area contributed by atoms with Gasteiger partial charge in [0.15, 0.2) is 0 Å². The first-order chi connectivity index (χ1) is 14.4. The van der Waals surface area contributed by atoms with Gasteiger partial charge in [0, 0.05) is 5.69 Å². The molecule has 1 N–H and O–H groups in total. The second-order valence-corrected chi connectivity index (χ2v) is 7.74. The van der Waals surface area contributed by atoms with Crippen molar-refractivity contribution in [1.82, 2.24) is 0 Å². The lowest BCUT2D eigenvalue weighted by atomic mass is 9.96. The number of rotatable bonds is 5. The zero-order chi connectivity index (χ0) is 21.7. The molecule has 3 rings (SSSR count). The third kappa shape index (κ3) is 5.04. The highest BCUT2D eigenvalue weighted by Gasteiger charge is 2.13. The largest absolute Gasteiger partial charge is 0.321 e. The summed E-state index contributed by atoms with van der Waals surface area (Å²) in [7, 11) is 0. The molecule has 150 valence electrons. The fraction of sp³-hybridized carbons (Fsp3) is 0.185. The standard InChI is InChI=1S/C27H26N2O/c1-18-12-19(2)14-22(13-18)15-23-9-5-6-10-24(23)16-25(17-28)27(30)29-26-11-7-8-20(3)21(26)4/h5-14,16H,15H2,1-4H3,(H,29,30)/b25-16+. The molecule has 0 aromatic heterocycles. The predicted molar refractivity (Wildman–Crippen MR) is 123 cm³/mol. The van der Waals surface area contributed by atoms with E-state index in [0.29, 0.717) is 0 Å². The van der Waals surface area contributed by atoms with Gasteiger partial charge in [-0.25, -0.2) is 0 Å². The number of nitrogens with zero attached hydrogens (tertiary/aromatic N) is 1. The molecular weight excluding hydrogens is 368 g/mol. The van der Waals surface area contributed by atoms with Crippen LogP contribution < -0.4 is 5.32 Å². The minimum absolute atomic E-state index is 0.0868. The molecule has 0 atom stereocenters. The van der Waals surface area contributed by atoms with E-state index in [0.717, 1.165) is 34.4 Å². The van der Waals surface area contributed by atoms with Crippen LogP contribution in [0.2, 0.25) is 0 Å². The highest BCUT2D eigenvalue weighted by molar-refractivity contribution is 6.10. The number of amides is 1. The molecule has 0 aliphatic heterocycles. The predicted octanol–water partition coefficient (Wildman–Crippen LogP) is 6.06. The SMILES string of the molecule is Cc1cc(C)cc(Cc2ccccc2/C=C(\C#N)C(=O)Nc2cccc(C)c2C)c1. The van der Waals surface area contributed by atoms with Gasteiger partial charge in [-0.3, -0.25) is 4.79 Å². The first-order valence-electron chi connectivity index (χ1n) is 10.0. The number of benzene rings is 3. The summed E-state index contributed by atoms with van der Waals surface area (Å²) in [5, 5.41) is 12.5. The van der Waals surface area contributed by atoms with Crippen molar-refractivity contribution in [2.24, 2.45) is 0 Å². The minimum Gasteiger partial charge on any atom is -0.321 e. The van der Waals surface area contributed by atoms with E-state index in [9.17, 15) is 10.1 Å². The lowest BCUT2D eigenvalue weighted by Crippen LogP contribution is -2.14. The van der Waals surface area contributed by atoms with Gasteiger partial charge in [0.05, 0.1) is 0 Å². The first kappa shape index (κ1) is 21.1. The van der Waals surface area contributed by atoms with Crippen LogP contribution in [0.3, 0.4) is 0 Å². The van der Waals surface area contributed by atoms with E-state index in [1.807, 2.05) is 56.3 Å². The Labute approximate surface area is 178 Å². The van der Waals surface area contributed by atoms with Gasteiger partial charge in [0.25, 0.3) is 5.91 Å². The summed E-state index contributed by atoms with van der Waals surface area (Å²) in [4.78, 5) is 12.8. The summed E-state index contributed by atoms with van der Waals surface area (Å²) in [5.74, 6) is -0.396. The topological polar surface area (TPSA) is 52.9 Å². The Hall–Kier alpha value is -3.64. The van der Waals surface area contributed by atoms with Crippen LogP contribution >= 0.6 is 0 Å². The van der Waals surface area contributed by atoms with Crippen LogP contribution in [-0.2, 0) is 11.2 Å². The van der Waals surface area contributed by atoms with Crippen LogP contribution in [0.25, 0.3) is 6.08 Å². The number of anilines is 1. The van der Waals surface area contributed by atoms with Crippen molar-refractivity contribution >= 4 is 17.7 Å². The van der Waals surface area contributed by atoms with E-state index in [1.165, 1.54) is 16.7 Å². The Bertz CT molecular complexity index is 1150. The monoisotopic (exact) mass is 394 g/mol. The number of hydrogen-bond acceptors (Lipinski definition) is 2. The molecule has 0 unspecified atom stereocenters. The number of aryl methyl sites for hydroxylation is 3. The molecule has 1 amide bonds. The van der Waals surface area contributed by atoms with Crippen molar-refractivity contribution in [3.05, 3.63) is 105 Å². The van der Waals surface area contributed by atoms with Crippen LogP contribution in [0.1, 0.15) is 38.9 Å². The van der Waals surface area contributed by atoms with Gasteiger partial charge in [0.1, 0.15) is 11.6 Å². The number of carbonyl (C=O) groups excluding carboxylic acids is 1. The molecule has 0 radical (unpaired) electrons. The lowest BCUT2D eigenvalue weighted by molar-refractivity contribution is -0.112. The molecule has 3 heteroatoms. The first-order valence-corrected chi connectivity index (χ1v) is 10.0. The summed E-state index contributed by atoms with van der Waals surface area (Å²) in [6.45, 7) is 8.14. The van der Waals surface area contributed by atoms with Gasteiger partial charge in [-0.2, -0.15) is 5.26 Å². The van der Waals surface area contributed by atoms with Gasteiger partial charge in [-0.15, -0.1) is 0 Å². The molecule has 0 aliphatic rings. The van der Waals surface area contributed by atoms with Crippen LogP contribution in [0, 0.1) is 39.0 Å². The van der Waals surface area contributed by atoms with E-state index in [-0.39, 0.29) is 5.57 Å². The van der Waals surface area contributed by atoms with Crippen molar-refractivity contribution in [3.8, 4) is 6.07 Å². The maximum Gasteiger partial charge on any atom is 0.266 e. The molecular formula is C27H26N2O. The summed E-state index contributed by atoms with van der Waals surface area (Å²) in [6.07, 6.45) is 2.42. The second-order valence-electron chi connectivity index (χ2n) is 7.74. The third-order valence-corrected chi connectivity index (χ3v) is 5.25. The second kappa shape index (κ2) is 9.24. The highest BCUT2D eigenvalue weighted by atomic mass is 16.1. The quantitative estimate of drug-likeness (QED) is 0.423. The Balaban J connectivity index is 1.90. The van der Waals surface area contributed by atoms with Gasteiger partial charge in [-0.1, -0.05) is 65.7 Å². The molecule has 0 bridgehead atoms. The Kier molecular flexibility index (Phi) is 6.49. The fourth-order valence-electron chi connectivity index (χ4n) is 3.61. The summed E-state index contributed by atoms with van der Waals surface area (Å²) in [5.41, 5.74) is 8.53. The average Bonchev–Trinajstić information content (AvgIpc) is 2.70. The van der Waals surface area contributed by atoms with Crippen molar-refractivity contribution in [3.63, 3.8) is 0 Å². The van der Waals surface area contributed by atoms with Crippen molar-refractivity contribution in [2.75, 3.05) is 5.32 Å². The molecule has 0 heterocycles. The number of nitriles is 1. The maximum atomic E-state index is 12.8. The molecule has 0 fully saturated rings. The van der Waals surface area contributed by atoms with Crippen LogP contribution in [-0.4, -0.2) is 5.91 Å². The van der Waals surface area contributed by atoms with Crippen molar-refractivity contribution < 1.29 is 4.79 Å². The number of nitrogens with one attached hydrogen (secondary N) is 1. The Morgan fingerprint density at radius 2 is 1.67 bits per heavy atom. The molecule has 0 aliphatic carbocycles. The van der Waals surface area contributed by atoms with E-state index in [4.69, 9.17) is 0 Å². The summed E-state index contributed by atoms with van der Waals surface area (Å²) in [6, 6.07) is 22.2. The lowest BCUT2D eigenvalue weighted by Gasteiger charge is -2.11. The fourth-order valence-corrected chi connectivity index (χ4v) is 3.61. The third-order valence-electron chi connectivity index (χ3n) is 5.25. The van der Waals surface area contributed by atoms with E-state index in [1.54, 1.807) is 6.08 Å². The van der Waals surface area contributed by atoms with Crippen molar-refractivity contribution in [2.45, 2.75) is 34.1 Å². The van der Waals surface area contributed by atoms with E-state index < -0.39 is 5.91 Å². The Morgan fingerprint density at radius 3 is 2.37 bits per heavy atom. The van der Waals surface area contributed by atoms with Gasteiger partial charge >= 0.3 is 0 Å². The van der Waals surface area contributed by atoms with Crippen LogP contribution in [0.15, 0.2) is 66.2 Å². The zero-order valence-electron chi connectivity index (χ0n) is 17.9. The van der Waals surface area contributed by atoms with Gasteiger partial charge < -0.3 is 5.32 Å². The molecule has 0 saturated carbocycles. The molecule has 30 heavy (non-hydrogen) atoms. The molecule has 0 spiro atoms. The zero-order valence-corrected chi connectivity index (χ0v) is 17.9. The van der Waals surface area contributed by atoms with Gasteiger partial charge in [0.2, 0.25) is 0 Å². The van der Waals surface area contributed by atoms with Crippen molar-refractivity contribution in [1.29, 1.82) is 5.26 Å². The number of carbonyl (C=O) groups is 1. The van der Waals surface area contributed by atoms with E-state index in [2.05, 4.69) is 43.4 Å². The molecule has 3 aromatic carbocycles. The van der Waals surface area contributed by atoms with Gasteiger partial charge in [-0.05, 0) is 74.1 Å². The molecule has 3 aromatic rings. The molecule has 0 saturated heterocycles. The van der Waals surface area contributed by atoms with E-state index >= 15 is 0 Å². The van der Waals surface area contributed by atoms with Crippen LogP contribution in [0.5, 0.6) is 0 Å². The minimum atomic E-state index is -0.396. The average molecular weight is 395 g/mol. The highest BCUT2D eigenvalue weighted by Crippen LogP contribution is 2.21. The Morgan fingerprint density at radius 1 is 0.967 bits per heavy atom. The van der Waals surface area contributed by atoms with Crippen LogP contribution in [0.4, 0.5) is 5.69 Å². The summed E-state index contributed by atoms with van der Waals surface area (Å²) < 4.78 is 0. The maximum absolute atomic E-state index is 12.8. The molecule has 3 nitrogen and oxygen atoms in total. The smallest absolute Gasteiger partial charge is 0.266 e. The normalized spacial score (nSPS) is 11.1. The summed E-state index contributed by atoms with van der Waals surface area (Å²) >= 11 is 0. The number of hydrogen-bond donors (Lipinski definition) is 1.